The monoisotopic (exact) mass is 247 g/mol. The molecular weight excluding hydrogens is 222 g/mol. The molecule has 1 unspecified atom stereocenters. The maximum absolute atomic E-state index is 8.73. The second-order valence-electron chi connectivity index (χ2n) is 5.33. The van der Waals surface area contributed by atoms with Gasteiger partial charge in [0.2, 0.25) is 0 Å². The summed E-state index contributed by atoms with van der Waals surface area (Å²) in [4.78, 5) is 2.59. The quantitative estimate of drug-likeness (QED) is 0.749. The van der Waals surface area contributed by atoms with Crippen molar-refractivity contribution in [3.63, 3.8) is 0 Å². The van der Waals surface area contributed by atoms with Gasteiger partial charge in [-0.2, -0.15) is 0 Å². The van der Waals surface area contributed by atoms with Crippen LogP contribution in [0.3, 0.4) is 0 Å². The van der Waals surface area contributed by atoms with Crippen LogP contribution in [-0.2, 0) is 0 Å². The van der Waals surface area contributed by atoms with Gasteiger partial charge in [0.25, 0.3) is 0 Å². The molecule has 1 saturated heterocycles. The highest BCUT2D eigenvalue weighted by Gasteiger charge is 2.22. The number of benzene rings is 1. The van der Waals surface area contributed by atoms with E-state index in [4.69, 9.17) is 5.11 Å². The van der Waals surface area contributed by atoms with Crippen LogP contribution in [0.2, 0.25) is 0 Å². The molecule has 100 valence electrons. The fourth-order valence-corrected chi connectivity index (χ4v) is 2.83. The van der Waals surface area contributed by atoms with Gasteiger partial charge in [-0.3, -0.25) is 0 Å². The third kappa shape index (κ3) is 4.11. The molecule has 0 saturated carbocycles. The third-order valence-corrected chi connectivity index (χ3v) is 3.93. The van der Waals surface area contributed by atoms with Gasteiger partial charge < -0.3 is 10.0 Å². The lowest BCUT2D eigenvalue weighted by Gasteiger charge is -2.16. The Kier molecular flexibility index (Phi) is 5.69. The molecule has 1 aliphatic heterocycles. The van der Waals surface area contributed by atoms with Gasteiger partial charge in [0.15, 0.2) is 0 Å². The molecule has 1 aromatic rings. The summed E-state index contributed by atoms with van der Waals surface area (Å²) in [6, 6.07) is 10.9. The molecule has 0 bridgehead atoms. The van der Waals surface area contributed by atoms with E-state index in [-0.39, 0.29) is 0 Å². The lowest BCUT2D eigenvalue weighted by molar-refractivity contribution is 0.278. The van der Waals surface area contributed by atoms with E-state index in [9.17, 15) is 0 Å². The zero-order chi connectivity index (χ0) is 12.6. The Morgan fingerprint density at radius 1 is 1.06 bits per heavy atom. The highest BCUT2D eigenvalue weighted by molar-refractivity contribution is 5.20. The maximum Gasteiger partial charge on any atom is 0.0431 e. The number of unbranched alkanes of at least 4 members (excludes halogenated alkanes) is 3. The van der Waals surface area contributed by atoms with Crippen molar-refractivity contribution in [3.8, 4) is 0 Å². The van der Waals surface area contributed by atoms with Crippen molar-refractivity contribution in [2.75, 3.05) is 26.2 Å². The zero-order valence-electron chi connectivity index (χ0n) is 11.2. The van der Waals surface area contributed by atoms with E-state index in [1.54, 1.807) is 0 Å². The highest BCUT2D eigenvalue weighted by Crippen LogP contribution is 2.26. The van der Waals surface area contributed by atoms with Crippen LogP contribution in [0.5, 0.6) is 0 Å². The van der Waals surface area contributed by atoms with Gasteiger partial charge in [-0.25, -0.2) is 0 Å². The predicted molar refractivity (Wildman–Crippen MR) is 75.8 cm³/mol. The van der Waals surface area contributed by atoms with Crippen LogP contribution in [0.25, 0.3) is 0 Å². The molecular formula is C16H25NO. The molecule has 2 nitrogen and oxygen atoms in total. The molecule has 0 aliphatic carbocycles. The SMILES string of the molecule is OCCCCCCN1CCC(c2ccccc2)C1. The Labute approximate surface area is 111 Å². The van der Waals surface area contributed by atoms with Crippen molar-refractivity contribution in [3.05, 3.63) is 35.9 Å². The Morgan fingerprint density at radius 3 is 2.61 bits per heavy atom. The average Bonchev–Trinajstić information content (AvgIpc) is 2.88. The topological polar surface area (TPSA) is 23.5 Å². The Bertz CT molecular complexity index is 325. The Morgan fingerprint density at radius 2 is 1.83 bits per heavy atom. The van der Waals surface area contributed by atoms with Crippen molar-refractivity contribution in [1.82, 2.24) is 4.90 Å². The minimum atomic E-state index is 0.347. The predicted octanol–water partition coefficient (Wildman–Crippen LogP) is 3.03. The number of rotatable bonds is 7. The van der Waals surface area contributed by atoms with Crippen molar-refractivity contribution >= 4 is 0 Å². The van der Waals surface area contributed by atoms with Crippen molar-refractivity contribution in [2.24, 2.45) is 0 Å². The van der Waals surface area contributed by atoms with E-state index in [0.29, 0.717) is 6.61 Å². The molecule has 0 amide bonds. The maximum atomic E-state index is 8.73. The van der Waals surface area contributed by atoms with Gasteiger partial charge in [0.1, 0.15) is 0 Å². The highest BCUT2D eigenvalue weighted by atomic mass is 16.2. The first kappa shape index (κ1) is 13.6. The van der Waals surface area contributed by atoms with E-state index < -0.39 is 0 Å². The molecule has 1 heterocycles. The number of hydrogen-bond acceptors (Lipinski definition) is 2. The van der Waals surface area contributed by atoms with Crippen LogP contribution in [-0.4, -0.2) is 36.2 Å². The summed E-state index contributed by atoms with van der Waals surface area (Å²) < 4.78 is 0. The molecule has 1 atom stereocenters. The molecule has 1 fully saturated rings. The average molecular weight is 247 g/mol. The van der Waals surface area contributed by atoms with Gasteiger partial charge in [0.05, 0.1) is 0 Å². The number of aliphatic hydroxyl groups excluding tert-OH is 1. The van der Waals surface area contributed by atoms with Gasteiger partial charge in [0, 0.05) is 13.2 Å². The number of aliphatic hydroxyl groups is 1. The van der Waals surface area contributed by atoms with Crippen molar-refractivity contribution in [1.29, 1.82) is 0 Å². The fourth-order valence-electron chi connectivity index (χ4n) is 2.83. The van der Waals surface area contributed by atoms with Crippen molar-refractivity contribution < 1.29 is 5.11 Å². The lowest BCUT2D eigenvalue weighted by atomic mass is 9.99. The first-order chi connectivity index (χ1) is 8.90. The summed E-state index contributed by atoms with van der Waals surface area (Å²) in [5, 5.41) is 8.73. The minimum Gasteiger partial charge on any atom is -0.396 e. The molecule has 2 rings (SSSR count). The summed E-state index contributed by atoms with van der Waals surface area (Å²) in [6.07, 6.45) is 5.98. The smallest absolute Gasteiger partial charge is 0.0431 e. The number of hydrogen-bond donors (Lipinski definition) is 1. The summed E-state index contributed by atoms with van der Waals surface area (Å²) in [6.45, 7) is 4.05. The molecule has 1 aromatic carbocycles. The summed E-state index contributed by atoms with van der Waals surface area (Å²) in [5.41, 5.74) is 1.50. The van der Waals surface area contributed by atoms with Crippen LogP contribution in [0.15, 0.2) is 30.3 Å². The standard InChI is InChI=1S/C16H25NO/c18-13-7-2-1-6-11-17-12-10-16(14-17)15-8-4-3-5-9-15/h3-5,8-9,16,18H,1-2,6-7,10-14H2. The van der Waals surface area contributed by atoms with Crippen LogP contribution in [0.4, 0.5) is 0 Å². The van der Waals surface area contributed by atoms with Crippen LogP contribution >= 0.6 is 0 Å². The van der Waals surface area contributed by atoms with E-state index in [0.717, 1.165) is 12.3 Å². The van der Waals surface area contributed by atoms with Crippen LogP contribution in [0, 0.1) is 0 Å². The number of nitrogens with zero attached hydrogens (tertiary/aromatic N) is 1. The normalized spacial score (nSPS) is 20.4. The second kappa shape index (κ2) is 7.55. The zero-order valence-corrected chi connectivity index (χ0v) is 11.2. The first-order valence-corrected chi connectivity index (χ1v) is 7.28. The molecule has 1 aliphatic rings. The fraction of sp³-hybridized carbons (Fsp3) is 0.625. The van der Waals surface area contributed by atoms with Gasteiger partial charge in [-0.15, -0.1) is 0 Å². The molecule has 0 radical (unpaired) electrons. The third-order valence-electron chi connectivity index (χ3n) is 3.93. The van der Waals surface area contributed by atoms with E-state index >= 15 is 0 Å². The van der Waals surface area contributed by atoms with Gasteiger partial charge in [-0.1, -0.05) is 43.2 Å². The van der Waals surface area contributed by atoms with Crippen LogP contribution < -0.4 is 0 Å². The lowest BCUT2D eigenvalue weighted by Crippen LogP contribution is -2.21. The summed E-state index contributed by atoms with van der Waals surface area (Å²) >= 11 is 0. The van der Waals surface area contributed by atoms with E-state index in [1.165, 1.54) is 50.9 Å². The molecule has 18 heavy (non-hydrogen) atoms. The van der Waals surface area contributed by atoms with Crippen molar-refractivity contribution in [2.45, 2.75) is 38.0 Å². The Balaban J connectivity index is 1.66. The van der Waals surface area contributed by atoms with Gasteiger partial charge in [-0.05, 0) is 43.8 Å². The Hall–Kier alpha value is -0.860. The largest absolute Gasteiger partial charge is 0.396 e. The summed E-state index contributed by atoms with van der Waals surface area (Å²) in [5.74, 6) is 0.739. The molecule has 0 spiro atoms. The number of likely N-dealkylation sites (tertiary alicyclic amines) is 1. The first-order valence-electron chi connectivity index (χ1n) is 7.28. The second-order valence-corrected chi connectivity index (χ2v) is 5.33. The molecule has 1 N–H and O–H groups in total. The molecule has 0 aromatic heterocycles. The van der Waals surface area contributed by atoms with E-state index in [2.05, 4.69) is 35.2 Å². The molecule has 2 heteroatoms. The minimum absolute atomic E-state index is 0.347. The van der Waals surface area contributed by atoms with Gasteiger partial charge >= 0.3 is 0 Å². The van der Waals surface area contributed by atoms with E-state index in [1.807, 2.05) is 0 Å². The summed E-state index contributed by atoms with van der Waals surface area (Å²) in [7, 11) is 0. The van der Waals surface area contributed by atoms with Crippen LogP contribution in [0.1, 0.15) is 43.6 Å².